The molecule has 0 fully saturated rings. The molecule has 0 saturated heterocycles. The Morgan fingerprint density at radius 3 is 2.79 bits per heavy atom. The van der Waals surface area contributed by atoms with Crippen LogP contribution in [0.2, 0.25) is 0 Å². The molecule has 2 heterocycles. The Hall–Kier alpha value is -1.97. The van der Waals surface area contributed by atoms with Crippen LogP contribution in [0.3, 0.4) is 0 Å². The van der Waals surface area contributed by atoms with E-state index in [1.165, 1.54) is 6.26 Å². The second-order valence-electron chi connectivity index (χ2n) is 2.94. The van der Waals surface area contributed by atoms with Crippen molar-refractivity contribution >= 4 is 5.97 Å². The molecule has 14 heavy (non-hydrogen) atoms. The van der Waals surface area contributed by atoms with Crippen LogP contribution in [0.4, 0.5) is 0 Å². The molecule has 0 amide bonds. The van der Waals surface area contributed by atoms with Gasteiger partial charge in [0.2, 0.25) is 5.76 Å². The maximum Gasteiger partial charge on any atom is 0.372 e. The average Bonchev–Trinajstić information content (AvgIpc) is 2.75. The third kappa shape index (κ3) is 1.54. The van der Waals surface area contributed by atoms with E-state index < -0.39 is 5.97 Å². The number of rotatable bonds is 3. The molecule has 2 aromatic rings. The Balaban J connectivity index is 2.25. The van der Waals surface area contributed by atoms with Gasteiger partial charge in [-0.2, -0.15) is 0 Å². The third-order valence-corrected chi connectivity index (χ3v) is 1.96. The summed E-state index contributed by atoms with van der Waals surface area (Å²) in [6.45, 7) is 0.519. The van der Waals surface area contributed by atoms with Gasteiger partial charge in [0, 0.05) is 18.0 Å². The van der Waals surface area contributed by atoms with Gasteiger partial charge in [-0.1, -0.05) is 0 Å². The van der Waals surface area contributed by atoms with E-state index in [9.17, 15) is 4.79 Å². The molecule has 0 atom stereocenters. The number of aromatic carboxylic acids is 1. The van der Waals surface area contributed by atoms with E-state index in [1.54, 1.807) is 6.07 Å². The van der Waals surface area contributed by atoms with Gasteiger partial charge in [-0.3, -0.25) is 0 Å². The predicted octanol–water partition coefficient (Wildman–Crippen LogP) is 1.83. The lowest BCUT2D eigenvalue weighted by atomic mass is 10.2. The molecular weight excluding hydrogens is 182 g/mol. The number of hydrogen-bond donors (Lipinski definition) is 1. The fourth-order valence-electron chi connectivity index (χ4n) is 1.32. The number of carboxylic acid groups (broad SMARTS) is 1. The zero-order valence-corrected chi connectivity index (χ0v) is 7.38. The summed E-state index contributed by atoms with van der Waals surface area (Å²) in [5.74, 6) is -1.02. The van der Waals surface area contributed by atoms with Gasteiger partial charge in [0.15, 0.2) is 0 Å². The van der Waals surface area contributed by atoms with E-state index in [2.05, 4.69) is 0 Å². The molecule has 0 aliphatic carbocycles. The van der Waals surface area contributed by atoms with Crippen molar-refractivity contribution in [3.05, 3.63) is 48.2 Å². The first-order valence-electron chi connectivity index (χ1n) is 4.18. The molecule has 0 radical (unpaired) electrons. The van der Waals surface area contributed by atoms with Gasteiger partial charge >= 0.3 is 5.97 Å². The number of carbonyl (C=O) groups is 1. The Bertz CT molecular complexity index is 428. The van der Waals surface area contributed by atoms with Crippen LogP contribution in [0, 0.1) is 0 Å². The van der Waals surface area contributed by atoms with Gasteiger partial charge in [-0.15, -0.1) is 0 Å². The molecule has 2 rings (SSSR count). The summed E-state index contributed by atoms with van der Waals surface area (Å²) < 4.78 is 6.75. The molecule has 72 valence electrons. The van der Waals surface area contributed by atoms with Crippen LogP contribution in [-0.2, 0) is 6.54 Å². The largest absolute Gasteiger partial charge is 0.475 e. The number of nitrogens with zero attached hydrogens (tertiary/aromatic N) is 1. The van der Waals surface area contributed by atoms with Crippen molar-refractivity contribution in [1.29, 1.82) is 0 Å². The minimum Gasteiger partial charge on any atom is -0.475 e. The lowest BCUT2D eigenvalue weighted by Crippen LogP contribution is -2.02. The van der Waals surface area contributed by atoms with E-state index in [0.29, 0.717) is 12.1 Å². The lowest BCUT2D eigenvalue weighted by Gasteiger charge is -2.00. The number of aromatic nitrogens is 1. The predicted molar refractivity (Wildman–Crippen MR) is 49.2 cm³/mol. The number of carboxylic acids is 1. The standard InChI is InChI=1S/C10H9NO3/c12-10(13)9-8(3-6-14-9)7-11-4-1-2-5-11/h1-6H,7H2,(H,12,13). The molecule has 1 N–H and O–H groups in total. The fourth-order valence-corrected chi connectivity index (χ4v) is 1.32. The van der Waals surface area contributed by atoms with Gasteiger partial charge in [0.1, 0.15) is 0 Å². The van der Waals surface area contributed by atoms with Crippen LogP contribution < -0.4 is 0 Å². The molecule has 0 aliphatic rings. The van der Waals surface area contributed by atoms with E-state index in [4.69, 9.17) is 9.52 Å². The topological polar surface area (TPSA) is 55.4 Å². The van der Waals surface area contributed by atoms with Crippen molar-refractivity contribution in [2.75, 3.05) is 0 Å². The molecule has 0 bridgehead atoms. The minimum atomic E-state index is -1.03. The Kier molecular flexibility index (Phi) is 2.10. The summed E-state index contributed by atoms with van der Waals surface area (Å²) in [5.41, 5.74) is 0.675. The summed E-state index contributed by atoms with van der Waals surface area (Å²) in [6.07, 6.45) is 5.14. The molecule has 0 saturated carbocycles. The quantitative estimate of drug-likeness (QED) is 0.805. The van der Waals surface area contributed by atoms with Crippen LogP contribution in [0.5, 0.6) is 0 Å². The van der Waals surface area contributed by atoms with Crippen LogP contribution in [0.15, 0.2) is 41.3 Å². The maximum absolute atomic E-state index is 10.7. The smallest absolute Gasteiger partial charge is 0.372 e. The lowest BCUT2D eigenvalue weighted by molar-refractivity contribution is 0.0660. The SMILES string of the molecule is O=C(O)c1occc1Cn1cccc1. The van der Waals surface area contributed by atoms with E-state index in [-0.39, 0.29) is 5.76 Å². The summed E-state index contributed by atoms with van der Waals surface area (Å²) in [6, 6.07) is 5.45. The van der Waals surface area contributed by atoms with Crippen molar-refractivity contribution in [2.24, 2.45) is 0 Å². The molecular formula is C10H9NO3. The average molecular weight is 191 g/mol. The summed E-state index contributed by atoms with van der Waals surface area (Å²) >= 11 is 0. The van der Waals surface area contributed by atoms with Gasteiger partial charge in [0.05, 0.1) is 12.8 Å². The molecule has 4 heteroatoms. The molecule has 0 aromatic carbocycles. The van der Waals surface area contributed by atoms with Gasteiger partial charge in [0.25, 0.3) is 0 Å². The van der Waals surface area contributed by atoms with Crippen molar-refractivity contribution in [3.63, 3.8) is 0 Å². The normalized spacial score (nSPS) is 10.3. The van der Waals surface area contributed by atoms with Crippen molar-refractivity contribution in [3.8, 4) is 0 Å². The first kappa shape index (κ1) is 8.62. The maximum atomic E-state index is 10.7. The van der Waals surface area contributed by atoms with Crippen LogP contribution in [-0.4, -0.2) is 15.6 Å². The van der Waals surface area contributed by atoms with Crippen LogP contribution in [0.25, 0.3) is 0 Å². The van der Waals surface area contributed by atoms with Crippen molar-refractivity contribution < 1.29 is 14.3 Å². The number of furan rings is 1. The molecule has 0 aliphatic heterocycles. The second kappa shape index (κ2) is 3.41. The van der Waals surface area contributed by atoms with E-state index in [0.717, 1.165) is 0 Å². The van der Waals surface area contributed by atoms with Crippen molar-refractivity contribution in [1.82, 2.24) is 4.57 Å². The van der Waals surface area contributed by atoms with Gasteiger partial charge in [-0.25, -0.2) is 4.79 Å². The highest BCUT2D eigenvalue weighted by molar-refractivity contribution is 5.86. The fraction of sp³-hybridized carbons (Fsp3) is 0.100. The summed E-state index contributed by atoms with van der Waals surface area (Å²) in [4.78, 5) is 10.7. The van der Waals surface area contributed by atoms with Gasteiger partial charge in [-0.05, 0) is 18.2 Å². The molecule has 2 aromatic heterocycles. The first-order valence-corrected chi connectivity index (χ1v) is 4.18. The second-order valence-corrected chi connectivity index (χ2v) is 2.94. The first-order chi connectivity index (χ1) is 6.77. The third-order valence-electron chi connectivity index (χ3n) is 1.96. The Morgan fingerprint density at radius 2 is 2.14 bits per heavy atom. The highest BCUT2D eigenvalue weighted by atomic mass is 16.4. The van der Waals surface area contributed by atoms with E-state index in [1.807, 2.05) is 29.1 Å². The van der Waals surface area contributed by atoms with Crippen molar-refractivity contribution in [2.45, 2.75) is 6.54 Å². The summed E-state index contributed by atoms with van der Waals surface area (Å²) in [5, 5.41) is 8.78. The summed E-state index contributed by atoms with van der Waals surface area (Å²) in [7, 11) is 0. The highest BCUT2D eigenvalue weighted by Crippen LogP contribution is 2.12. The van der Waals surface area contributed by atoms with Crippen LogP contribution >= 0.6 is 0 Å². The van der Waals surface area contributed by atoms with Gasteiger partial charge < -0.3 is 14.1 Å². The number of hydrogen-bond acceptors (Lipinski definition) is 2. The Labute approximate surface area is 80.4 Å². The molecule has 0 unspecified atom stereocenters. The monoisotopic (exact) mass is 191 g/mol. The minimum absolute atomic E-state index is 0.0127. The van der Waals surface area contributed by atoms with E-state index >= 15 is 0 Å². The molecule has 4 nitrogen and oxygen atoms in total. The zero-order valence-electron chi connectivity index (χ0n) is 7.38. The van der Waals surface area contributed by atoms with Crippen LogP contribution in [0.1, 0.15) is 16.1 Å². The molecule has 0 spiro atoms. The highest BCUT2D eigenvalue weighted by Gasteiger charge is 2.13. The Morgan fingerprint density at radius 1 is 1.43 bits per heavy atom. The zero-order chi connectivity index (χ0) is 9.97.